The first-order chi connectivity index (χ1) is 7.18. The number of aliphatic hydroxyl groups excluding tert-OH is 1. The van der Waals surface area contributed by atoms with E-state index in [0.29, 0.717) is 6.42 Å². The molecule has 0 saturated carbocycles. The minimum absolute atomic E-state index is 0.259. The summed E-state index contributed by atoms with van der Waals surface area (Å²) in [7, 11) is 0. The maximum absolute atomic E-state index is 9.75. The van der Waals surface area contributed by atoms with E-state index in [1.807, 2.05) is 30.3 Å². The molecule has 2 N–H and O–H groups in total. The molecule has 0 aliphatic carbocycles. The second-order valence-corrected chi connectivity index (χ2v) is 3.84. The fraction of sp³-hybridized carbons (Fsp3) is 0.231. The Labute approximate surface area is 88.8 Å². The summed E-state index contributed by atoms with van der Waals surface area (Å²) < 4.78 is 0. The molecule has 1 atom stereocenters. The maximum atomic E-state index is 9.75. The van der Waals surface area contributed by atoms with Crippen molar-refractivity contribution in [2.45, 2.75) is 19.4 Å². The van der Waals surface area contributed by atoms with Gasteiger partial charge in [-0.3, -0.25) is 0 Å². The highest BCUT2D eigenvalue weighted by molar-refractivity contribution is 5.87. The Hall–Kier alpha value is -1.54. The lowest BCUT2D eigenvalue weighted by molar-refractivity contribution is 0.194. The van der Waals surface area contributed by atoms with Gasteiger partial charge >= 0.3 is 0 Å². The Bertz CT molecular complexity index is 475. The summed E-state index contributed by atoms with van der Waals surface area (Å²) in [5.41, 5.74) is 0.822. The number of aliphatic hydroxyl groups is 1. The monoisotopic (exact) mass is 202 g/mol. The molecule has 2 aromatic carbocycles. The summed E-state index contributed by atoms with van der Waals surface area (Å²) in [4.78, 5) is 0. The van der Waals surface area contributed by atoms with Crippen LogP contribution in [0.2, 0.25) is 0 Å². The van der Waals surface area contributed by atoms with E-state index < -0.39 is 6.10 Å². The molecule has 0 aliphatic rings. The summed E-state index contributed by atoms with van der Waals surface area (Å²) in [5.74, 6) is 0.259. The first-order valence-electron chi connectivity index (χ1n) is 5.06. The molecule has 0 aliphatic heterocycles. The van der Waals surface area contributed by atoms with Gasteiger partial charge in [0.2, 0.25) is 0 Å². The van der Waals surface area contributed by atoms with Gasteiger partial charge in [-0.1, -0.05) is 30.3 Å². The molecule has 2 rings (SSSR count). The van der Waals surface area contributed by atoms with Gasteiger partial charge in [-0.25, -0.2) is 0 Å². The smallest absolute Gasteiger partial charge is 0.119 e. The van der Waals surface area contributed by atoms with Crippen LogP contribution in [-0.4, -0.2) is 16.3 Å². The molecule has 0 amide bonds. The van der Waals surface area contributed by atoms with Gasteiger partial charge in [0.25, 0.3) is 0 Å². The van der Waals surface area contributed by atoms with E-state index in [0.717, 1.165) is 16.3 Å². The molecule has 0 unspecified atom stereocenters. The summed E-state index contributed by atoms with van der Waals surface area (Å²) in [6, 6.07) is 11.4. The van der Waals surface area contributed by atoms with Crippen molar-refractivity contribution in [2.24, 2.45) is 0 Å². The average molecular weight is 202 g/mol. The van der Waals surface area contributed by atoms with Crippen LogP contribution >= 0.6 is 0 Å². The lowest BCUT2D eigenvalue weighted by atomic mass is 9.99. The van der Waals surface area contributed by atoms with E-state index in [9.17, 15) is 10.2 Å². The van der Waals surface area contributed by atoms with Gasteiger partial charge in [0, 0.05) is 12.0 Å². The summed E-state index contributed by atoms with van der Waals surface area (Å²) in [6.45, 7) is 1.72. The summed E-state index contributed by atoms with van der Waals surface area (Å²) >= 11 is 0. The van der Waals surface area contributed by atoms with Crippen LogP contribution in [0.15, 0.2) is 36.4 Å². The molecule has 0 heterocycles. The van der Waals surface area contributed by atoms with Crippen molar-refractivity contribution >= 4 is 10.8 Å². The molecule has 0 spiro atoms. The van der Waals surface area contributed by atoms with Gasteiger partial charge in [-0.15, -0.1) is 0 Å². The third-order valence-electron chi connectivity index (χ3n) is 2.52. The second-order valence-electron chi connectivity index (χ2n) is 3.84. The molecule has 0 radical (unpaired) electrons. The van der Waals surface area contributed by atoms with Crippen LogP contribution in [0.5, 0.6) is 5.75 Å². The van der Waals surface area contributed by atoms with Crippen molar-refractivity contribution in [1.82, 2.24) is 0 Å². The Balaban J connectivity index is 2.63. The van der Waals surface area contributed by atoms with Crippen molar-refractivity contribution in [3.05, 3.63) is 42.0 Å². The third-order valence-corrected chi connectivity index (χ3v) is 2.52. The highest BCUT2D eigenvalue weighted by Crippen LogP contribution is 2.27. The zero-order valence-electron chi connectivity index (χ0n) is 8.64. The molecule has 0 bridgehead atoms. The standard InChI is InChI=1S/C13H14O2/c1-9(14)8-12-11-5-3-2-4-10(11)6-7-13(12)15/h2-7,9,14-15H,8H2,1H3/t9-/m1/s1. The Morgan fingerprint density at radius 2 is 1.87 bits per heavy atom. The fourth-order valence-electron chi connectivity index (χ4n) is 1.83. The SMILES string of the molecule is C[C@@H](O)Cc1c(O)ccc2ccccc12. The van der Waals surface area contributed by atoms with Gasteiger partial charge in [0.1, 0.15) is 5.75 Å². The zero-order valence-corrected chi connectivity index (χ0v) is 8.64. The molecule has 2 nitrogen and oxygen atoms in total. The van der Waals surface area contributed by atoms with Gasteiger partial charge in [-0.2, -0.15) is 0 Å². The van der Waals surface area contributed by atoms with E-state index >= 15 is 0 Å². The maximum Gasteiger partial charge on any atom is 0.119 e. The molecule has 78 valence electrons. The number of phenolic OH excluding ortho intramolecular Hbond substituents is 1. The van der Waals surface area contributed by atoms with Crippen LogP contribution in [-0.2, 0) is 6.42 Å². The number of phenols is 1. The first-order valence-corrected chi connectivity index (χ1v) is 5.06. The van der Waals surface area contributed by atoms with Crippen LogP contribution in [0.3, 0.4) is 0 Å². The Kier molecular flexibility index (Phi) is 2.60. The van der Waals surface area contributed by atoms with Crippen molar-refractivity contribution in [1.29, 1.82) is 0 Å². The van der Waals surface area contributed by atoms with E-state index in [-0.39, 0.29) is 5.75 Å². The van der Waals surface area contributed by atoms with Crippen molar-refractivity contribution in [3.8, 4) is 5.75 Å². The highest BCUT2D eigenvalue weighted by atomic mass is 16.3. The largest absolute Gasteiger partial charge is 0.508 e. The van der Waals surface area contributed by atoms with E-state index in [1.165, 1.54) is 0 Å². The minimum Gasteiger partial charge on any atom is -0.508 e. The van der Waals surface area contributed by atoms with Crippen molar-refractivity contribution in [3.63, 3.8) is 0 Å². The summed E-state index contributed by atoms with van der Waals surface area (Å²) in [6.07, 6.45) is 0.0365. The topological polar surface area (TPSA) is 40.5 Å². The highest BCUT2D eigenvalue weighted by Gasteiger charge is 2.08. The molecular weight excluding hydrogens is 188 g/mol. The number of benzene rings is 2. The first kappa shape index (κ1) is 9.99. The van der Waals surface area contributed by atoms with Gasteiger partial charge in [0.05, 0.1) is 6.10 Å². The normalized spacial score (nSPS) is 12.9. The molecule has 2 aromatic rings. The fourth-order valence-corrected chi connectivity index (χ4v) is 1.83. The second kappa shape index (κ2) is 3.91. The molecule has 0 aromatic heterocycles. The Morgan fingerprint density at radius 3 is 2.60 bits per heavy atom. The quantitative estimate of drug-likeness (QED) is 0.785. The lowest BCUT2D eigenvalue weighted by Crippen LogP contribution is -2.04. The predicted molar refractivity (Wildman–Crippen MR) is 61.0 cm³/mol. The number of hydrogen-bond acceptors (Lipinski definition) is 2. The van der Waals surface area contributed by atoms with Crippen LogP contribution in [0.1, 0.15) is 12.5 Å². The van der Waals surface area contributed by atoms with Gasteiger partial charge < -0.3 is 10.2 Å². The number of hydrogen-bond donors (Lipinski definition) is 2. The predicted octanol–water partition coefficient (Wildman–Crippen LogP) is 2.47. The number of rotatable bonds is 2. The molecule has 2 heteroatoms. The van der Waals surface area contributed by atoms with Crippen LogP contribution < -0.4 is 0 Å². The van der Waals surface area contributed by atoms with Crippen molar-refractivity contribution in [2.75, 3.05) is 0 Å². The molecular formula is C13H14O2. The van der Waals surface area contributed by atoms with E-state index in [4.69, 9.17) is 0 Å². The molecule has 0 fully saturated rings. The van der Waals surface area contributed by atoms with E-state index in [2.05, 4.69) is 0 Å². The lowest BCUT2D eigenvalue weighted by Gasteiger charge is -2.10. The number of fused-ring (bicyclic) bond motifs is 1. The summed E-state index contributed by atoms with van der Waals surface area (Å²) in [5, 5.41) is 21.2. The van der Waals surface area contributed by atoms with Gasteiger partial charge in [0.15, 0.2) is 0 Å². The molecule has 15 heavy (non-hydrogen) atoms. The van der Waals surface area contributed by atoms with Crippen molar-refractivity contribution < 1.29 is 10.2 Å². The van der Waals surface area contributed by atoms with E-state index in [1.54, 1.807) is 13.0 Å². The minimum atomic E-state index is -0.443. The third kappa shape index (κ3) is 1.95. The van der Waals surface area contributed by atoms with Crippen LogP contribution in [0, 0.1) is 0 Å². The van der Waals surface area contributed by atoms with Gasteiger partial charge in [-0.05, 0) is 23.8 Å². The average Bonchev–Trinajstić information content (AvgIpc) is 2.22. The van der Waals surface area contributed by atoms with Crippen LogP contribution in [0.25, 0.3) is 10.8 Å². The number of aromatic hydroxyl groups is 1. The zero-order chi connectivity index (χ0) is 10.8. The van der Waals surface area contributed by atoms with Crippen LogP contribution in [0.4, 0.5) is 0 Å². The Morgan fingerprint density at radius 1 is 1.13 bits per heavy atom. The molecule has 0 saturated heterocycles.